The maximum Gasteiger partial charge on any atom is 0.198 e. The zero-order chi connectivity index (χ0) is 11.3. The van der Waals surface area contributed by atoms with Crippen LogP contribution in [0.2, 0.25) is 5.02 Å². The smallest absolute Gasteiger partial charge is 0.198 e. The fourth-order valence-electron chi connectivity index (χ4n) is 1.13. The van der Waals surface area contributed by atoms with Crippen molar-refractivity contribution >= 4 is 11.6 Å². The molecule has 2 nitrogen and oxygen atoms in total. The summed E-state index contributed by atoms with van der Waals surface area (Å²) >= 11 is 5.65. The highest BCUT2D eigenvalue weighted by Crippen LogP contribution is 2.34. The van der Waals surface area contributed by atoms with Gasteiger partial charge in [0.15, 0.2) is 17.3 Å². The van der Waals surface area contributed by atoms with E-state index in [2.05, 4.69) is 0 Å². The van der Waals surface area contributed by atoms with Crippen molar-refractivity contribution in [3.8, 4) is 11.5 Å². The summed E-state index contributed by atoms with van der Waals surface area (Å²) in [5, 5.41) is 0.0438. The van der Waals surface area contributed by atoms with Gasteiger partial charge in [0.05, 0.1) is 18.7 Å². The number of unbranched alkanes of at least 4 members (excludes halogenated alkanes) is 1. The van der Waals surface area contributed by atoms with Crippen LogP contribution in [-0.4, -0.2) is 13.7 Å². The van der Waals surface area contributed by atoms with Crippen molar-refractivity contribution in [2.45, 2.75) is 19.8 Å². The fraction of sp³-hybridized carbons (Fsp3) is 0.455. The molecule has 0 fully saturated rings. The van der Waals surface area contributed by atoms with Crippen LogP contribution in [-0.2, 0) is 0 Å². The molecule has 0 N–H and O–H groups in total. The summed E-state index contributed by atoms with van der Waals surface area (Å²) in [6.45, 7) is 2.50. The molecule has 0 bridgehead atoms. The van der Waals surface area contributed by atoms with Gasteiger partial charge in [-0.3, -0.25) is 0 Å². The third-order valence-electron chi connectivity index (χ3n) is 1.98. The Hall–Kier alpha value is -0.960. The zero-order valence-electron chi connectivity index (χ0n) is 8.85. The number of rotatable bonds is 5. The lowest BCUT2D eigenvalue weighted by atomic mass is 10.3. The lowest BCUT2D eigenvalue weighted by molar-refractivity contribution is 0.274. The highest BCUT2D eigenvalue weighted by Gasteiger charge is 2.14. The molecule has 0 saturated heterocycles. The van der Waals surface area contributed by atoms with Gasteiger partial charge in [-0.15, -0.1) is 0 Å². The van der Waals surface area contributed by atoms with Crippen LogP contribution in [0.15, 0.2) is 12.1 Å². The maximum absolute atomic E-state index is 13.5. The molecule has 0 radical (unpaired) electrons. The lowest BCUT2D eigenvalue weighted by Gasteiger charge is -2.11. The van der Waals surface area contributed by atoms with E-state index in [0.29, 0.717) is 12.4 Å². The molecule has 0 spiro atoms. The minimum atomic E-state index is -0.563. The molecular weight excluding hydrogens is 219 g/mol. The van der Waals surface area contributed by atoms with Crippen LogP contribution < -0.4 is 9.47 Å². The van der Waals surface area contributed by atoms with Crippen LogP contribution in [0.1, 0.15) is 19.8 Å². The summed E-state index contributed by atoms with van der Waals surface area (Å²) in [5.74, 6) is -0.0985. The summed E-state index contributed by atoms with van der Waals surface area (Å²) in [5.41, 5.74) is 0. The quantitative estimate of drug-likeness (QED) is 0.722. The van der Waals surface area contributed by atoms with Crippen LogP contribution in [0.5, 0.6) is 11.5 Å². The molecule has 1 rings (SSSR count). The van der Waals surface area contributed by atoms with E-state index in [1.807, 2.05) is 6.92 Å². The van der Waals surface area contributed by atoms with Gasteiger partial charge < -0.3 is 9.47 Å². The zero-order valence-corrected chi connectivity index (χ0v) is 9.60. The first-order chi connectivity index (χ1) is 7.20. The molecular formula is C11H14ClFO2. The normalized spacial score (nSPS) is 10.1. The largest absolute Gasteiger partial charge is 0.493 e. The Kier molecular flexibility index (Phi) is 4.69. The highest BCUT2D eigenvalue weighted by atomic mass is 35.5. The Balaban J connectivity index is 2.86. The highest BCUT2D eigenvalue weighted by molar-refractivity contribution is 6.30. The predicted octanol–water partition coefficient (Wildman–Crippen LogP) is 3.67. The second kappa shape index (κ2) is 5.81. The topological polar surface area (TPSA) is 18.5 Å². The monoisotopic (exact) mass is 232 g/mol. The molecule has 0 aliphatic heterocycles. The number of ether oxygens (including phenoxy) is 2. The Morgan fingerprint density at radius 2 is 2.13 bits per heavy atom. The van der Waals surface area contributed by atoms with Crippen LogP contribution in [0.25, 0.3) is 0 Å². The van der Waals surface area contributed by atoms with Gasteiger partial charge in [0.2, 0.25) is 0 Å². The second-order valence-corrected chi connectivity index (χ2v) is 3.50. The number of benzene rings is 1. The molecule has 0 saturated carbocycles. The number of methoxy groups -OCH3 is 1. The molecule has 15 heavy (non-hydrogen) atoms. The van der Waals surface area contributed by atoms with Crippen molar-refractivity contribution in [2.75, 3.05) is 13.7 Å². The van der Waals surface area contributed by atoms with Crippen molar-refractivity contribution in [1.29, 1.82) is 0 Å². The van der Waals surface area contributed by atoms with Gasteiger partial charge in [-0.25, -0.2) is 4.39 Å². The first-order valence-corrected chi connectivity index (χ1v) is 5.23. The van der Waals surface area contributed by atoms with Crippen molar-refractivity contribution < 1.29 is 13.9 Å². The average molecular weight is 233 g/mol. The molecule has 1 aromatic carbocycles. The third-order valence-corrected chi connectivity index (χ3v) is 2.27. The predicted molar refractivity (Wildman–Crippen MR) is 58.4 cm³/mol. The first-order valence-electron chi connectivity index (χ1n) is 4.85. The standard InChI is InChI=1S/C11H14ClFO2/c1-3-4-7-15-11-9(14-2)6-5-8(12)10(11)13/h5-6H,3-4,7H2,1-2H3. The van der Waals surface area contributed by atoms with E-state index in [1.165, 1.54) is 13.2 Å². The van der Waals surface area contributed by atoms with Gasteiger partial charge in [-0.1, -0.05) is 24.9 Å². The number of halogens is 2. The number of hydrogen-bond acceptors (Lipinski definition) is 2. The summed E-state index contributed by atoms with van der Waals surface area (Å²) < 4.78 is 23.8. The summed E-state index contributed by atoms with van der Waals surface area (Å²) in [6.07, 6.45) is 1.86. The molecule has 0 amide bonds. The van der Waals surface area contributed by atoms with Gasteiger partial charge in [0.25, 0.3) is 0 Å². The first kappa shape index (κ1) is 12.1. The molecule has 0 aliphatic carbocycles. The Bertz CT molecular complexity index is 329. The Labute approximate surface area is 94.0 Å². The van der Waals surface area contributed by atoms with E-state index >= 15 is 0 Å². The van der Waals surface area contributed by atoms with Crippen LogP contribution in [0.4, 0.5) is 4.39 Å². The fourth-order valence-corrected chi connectivity index (χ4v) is 1.28. The SMILES string of the molecule is CCCCOc1c(OC)ccc(Cl)c1F. The van der Waals surface area contributed by atoms with Crippen molar-refractivity contribution in [1.82, 2.24) is 0 Å². The molecule has 84 valence electrons. The maximum atomic E-state index is 13.5. The molecule has 4 heteroatoms. The van der Waals surface area contributed by atoms with Crippen molar-refractivity contribution in [3.63, 3.8) is 0 Å². The van der Waals surface area contributed by atoms with Gasteiger partial charge in [-0.2, -0.15) is 0 Å². The van der Waals surface area contributed by atoms with Crippen LogP contribution in [0, 0.1) is 5.82 Å². The average Bonchev–Trinajstić information content (AvgIpc) is 2.25. The van der Waals surface area contributed by atoms with Crippen LogP contribution in [0.3, 0.4) is 0 Å². The summed E-state index contributed by atoms with van der Waals surface area (Å²) in [7, 11) is 1.47. The van der Waals surface area contributed by atoms with E-state index in [9.17, 15) is 4.39 Å². The van der Waals surface area contributed by atoms with E-state index in [4.69, 9.17) is 21.1 Å². The Morgan fingerprint density at radius 3 is 2.73 bits per heavy atom. The Morgan fingerprint density at radius 1 is 1.40 bits per heavy atom. The lowest BCUT2D eigenvalue weighted by Crippen LogP contribution is -2.01. The van der Waals surface area contributed by atoms with E-state index in [1.54, 1.807) is 6.07 Å². The van der Waals surface area contributed by atoms with Crippen molar-refractivity contribution in [3.05, 3.63) is 23.0 Å². The second-order valence-electron chi connectivity index (χ2n) is 3.09. The van der Waals surface area contributed by atoms with Crippen LogP contribution >= 0.6 is 11.6 Å². The minimum absolute atomic E-state index is 0.0438. The molecule has 0 aromatic heterocycles. The van der Waals surface area contributed by atoms with Gasteiger partial charge in [-0.05, 0) is 18.6 Å². The summed E-state index contributed by atoms with van der Waals surface area (Å²) in [4.78, 5) is 0. The molecule has 0 unspecified atom stereocenters. The molecule has 0 aliphatic rings. The number of hydrogen-bond donors (Lipinski definition) is 0. The van der Waals surface area contributed by atoms with Gasteiger partial charge in [0, 0.05) is 0 Å². The van der Waals surface area contributed by atoms with Crippen molar-refractivity contribution in [2.24, 2.45) is 0 Å². The summed E-state index contributed by atoms with van der Waals surface area (Å²) in [6, 6.07) is 3.04. The minimum Gasteiger partial charge on any atom is -0.493 e. The molecule has 0 heterocycles. The third kappa shape index (κ3) is 2.99. The molecule has 0 atom stereocenters. The van der Waals surface area contributed by atoms with E-state index < -0.39 is 5.82 Å². The molecule has 1 aromatic rings. The van der Waals surface area contributed by atoms with Gasteiger partial charge >= 0.3 is 0 Å². The van der Waals surface area contributed by atoms with E-state index in [-0.39, 0.29) is 10.8 Å². The van der Waals surface area contributed by atoms with Gasteiger partial charge in [0.1, 0.15) is 0 Å². The van der Waals surface area contributed by atoms with E-state index in [0.717, 1.165) is 12.8 Å².